The number of ether oxygens (including phenoxy) is 1. The van der Waals surface area contributed by atoms with Gasteiger partial charge in [-0.25, -0.2) is 13.4 Å². The van der Waals surface area contributed by atoms with E-state index in [-0.39, 0.29) is 30.1 Å². The molecule has 152 valence electrons. The Kier molecular flexibility index (Phi) is 8.32. The third-order valence-electron chi connectivity index (χ3n) is 4.86. The maximum absolute atomic E-state index is 12.7. The molecule has 1 aromatic carbocycles. The van der Waals surface area contributed by atoms with Gasteiger partial charge in [0.25, 0.3) is 0 Å². The van der Waals surface area contributed by atoms with Crippen LogP contribution in [0.2, 0.25) is 0 Å². The monoisotopic (exact) mass is 508 g/mol. The summed E-state index contributed by atoms with van der Waals surface area (Å²) in [6.45, 7) is 5.81. The Labute approximate surface area is 179 Å². The summed E-state index contributed by atoms with van der Waals surface area (Å²) in [6.07, 6.45) is 3.13. The van der Waals surface area contributed by atoms with Crippen LogP contribution < -0.4 is 5.73 Å². The lowest BCUT2D eigenvalue weighted by Crippen LogP contribution is -2.47. The lowest BCUT2D eigenvalue weighted by molar-refractivity contribution is 0.00529. The molecule has 2 aliphatic heterocycles. The summed E-state index contributed by atoms with van der Waals surface area (Å²) in [5.41, 5.74) is 7.01. The average molecular weight is 508 g/mol. The van der Waals surface area contributed by atoms with E-state index in [4.69, 9.17) is 10.5 Å². The number of halogens is 1. The van der Waals surface area contributed by atoms with Crippen LogP contribution in [0.15, 0.2) is 34.2 Å². The van der Waals surface area contributed by atoms with E-state index in [1.807, 2.05) is 24.0 Å². The molecule has 2 N–H and O–H groups in total. The number of nitrogens with zero attached hydrogens (tertiary/aromatic N) is 3. The molecule has 7 nitrogen and oxygen atoms in total. The third kappa shape index (κ3) is 5.78. The number of morpholine rings is 1. The summed E-state index contributed by atoms with van der Waals surface area (Å²) < 4.78 is 32.4. The minimum atomic E-state index is -3.38. The topological polar surface area (TPSA) is 88.2 Å². The van der Waals surface area contributed by atoms with Crippen molar-refractivity contribution in [3.05, 3.63) is 29.8 Å². The smallest absolute Gasteiger partial charge is 0.243 e. The third-order valence-corrected chi connectivity index (χ3v) is 6.78. The molecule has 2 aliphatic rings. The molecule has 0 amide bonds. The van der Waals surface area contributed by atoms with Gasteiger partial charge in [-0.15, -0.1) is 24.0 Å². The van der Waals surface area contributed by atoms with Gasteiger partial charge in [-0.1, -0.05) is 18.6 Å². The highest BCUT2D eigenvalue weighted by atomic mass is 127. The molecule has 0 spiro atoms. The van der Waals surface area contributed by atoms with E-state index >= 15 is 0 Å². The second-order valence-electron chi connectivity index (χ2n) is 6.91. The largest absolute Gasteiger partial charge is 0.375 e. The van der Waals surface area contributed by atoms with Gasteiger partial charge < -0.3 is 15.4 Å². The van der Waals surface area contributed by atoms with Crippen molar-refractivity contribution in [1.29, 1.82) is 0 Å². The maximum Gasteiger partial charge on any atom is 0.243 e. The molecule has 0 aromatic heterocycles. The first kappa shape index (κ1) is 22.4. The van der Waals surface area contributed by atoms with Gasteiger partial charge in [0.05, 0.1) is 24.2 Å². The van der Waals surface area contributed by atoms with Crippen molar-refractivity contribution in [3.63, 3.8) is 0 Å². The first-order valence-electron chi connectivity index (χ1n) is 9.22. The molecule has 0 aliphatic carbocycles. The van der Waals surface area contributed by atoms with E-state index in [2.05, 4.69) is 4.99 Å². The molecule has 0 radical (unpaired) electrons. The number of sulfonamides is 1. The molecule has 9 heteroatoms. The predicted molar refractivity (Wildman–Crippen MR) is 117 cm³/mol. The Morgan fingerprint density at radius 1 is 1.19 bits per heavy atom. The molecule has 1 unspecified atom stereocenters. The molecule has 2 saturated heterocycles. The number of nitrogens with two attached hydrogens (primary N) is 1. The van der Waals surface area contributed by atoms with E-state index in [0.29, 0.717) is 37.1 Å². The lowest BCUT2D eigenvalue weighted by Gasteiger charge is -2.31. The molecule has 1 aromatic rings. The summed E-state index contributed by atoms with van der Waals surface area (Å²) in [5, 5.41) is 0. The molecule has 3 rings (SSSR count). The number of rotatable bonds is 4. The van der Waals surface area contributed by atoms with Crippen LogP contribution in [0.5, 0.6) is 0 Å². The van der Waals surface area contributed by atoms with Gasteiger partial charge in [0.15, 0.2) is 5.96 Å². The summed E-state index contributed by atoms with van der Waals surface area (Å²) in [5.74, 6) is 0.505. The lowest BCUT2D eigenvalue weighted by atomic mass is 10.2. The second-order valence-corrected chi connectivity index (χ2v) is 8.85. The van der Waals surface area contributed by atoms with Crippen molar-refractivity contribution in [2.75, 3.05) is 32.8 Å². The molecule has 2 heterocycles. The van der Waals surface area contributed by atoms with E-state index in [0.717, 1.165) is 37.9 Å². The van der Waals surface area contributed by atoms with Crippen molar-refractivity contribution in [3.8, 4) is 0 Å². The van der Waals surface area contributed by atoms with Crippen LogP contribution in [0, 0.1) is 0 Å². The van der Waals surface area contributed by atoms with Crippen LogP contribution in [0.1, 0.15) is 31.7 Å². The average Bonchev–Trinajstić information content (AvgIpc) is 2.67. The normalized spacial score (nSPS) is 22.3. The number of benzene rings is 1. The van der Waals surface area contributed by atoms with E-state index in [9.17, 15) is 8.42 Å². The van der Waals surface area contributed by atoms with Crippen LogP contribution in [-0.2, 0) is 21.3 Å². The number of hydrogen-bond donors (Lipinski definition) is 1. The molecule has 27 heavy (non-hydrogen) atoms. The fourth-order valence-electron chi connectivity index (χ4n) is 3.32. The molecule has 0 bridgehead atoms. The Bertz CT molecular complexity index is 733. The number of guanidine groups is 1. The molecule has 0 saturated carbocycles. The van der Waals surface area contributed by atoms with Crippen molar-refractivity contribution < 1.29 is 13.2 Å². The zero-order valence-electron chi connectivity index (χ0n) is 15.7. The molecule has 2 fully saturated rings. The number of aliphatic imine (C=N–C) groups is 1. The fourth-order valence-corrected chi connectivity index (χ4v) is 4.84. The van der Waals surface area contributed by atoms with Gasteiger partial charge in [-0.3, -0.25) is 0 Å². The quantitative estimate of drug-likeness (QED) is 0.382. The summed E-state index contributed by atoms with van der Waals surface area (Å²) >= 11 is 0. The van der Waals surface area contributed by atoms with E-state index < -0.39 is 10.0 Å². The standard InChI is InChI=1S/C18H28N4O3S.HI/c1-15-14-21(11-12-25-15)18(19)20-13-16-5-7-17(8-6-16)26(23,24)22-9-3-2-4-10-22;/h5-8,15H,2-4,9-14H2,1H3,(H2,19,20);1H. The number of hydrogen-bond acceptors (Lipinski definition) is 4. The first-order valence-corrected chi connectivity index (χ1v) is 10.7. The van der Waals surface area contributed by atoms with Crippen molar-refractivity contribution in [2.24, 2.45) is 10.7 Å². The minimum Gasteiger partial charge on any atom is -0.375 e. The van der Waals surface area contributed by atoms with Crippen molar-refractivity contribution in [2.45, 2.75) is 43.7 Å². The van der Waals surface area contributed by atoms with Gasteiger partial charge in [0.2, 0.25) is 10.0 Å². The van der Waals surface area contributed by atoms with Crippen LogP contribution in [0.25, 0.3) is 0 Å². The summed E-state index contributed by atoms with van der Waals surface area (Å²) in [4.78, 5) is 6.81. The molecular formula is C18H29IN4O3S. The van der Waals surface area contributed by atoms with Crippen molar-refractivity contribution >= 4 is 40.0 Å². The van der Waals surface area contributed by atoms with Gasteiger partial charge in [0.1, 0.15) is 0 Å². The highest BCUT2D eigenvalue weighted by Crippen LogP contribution is 2.21. The van der Waals surface area contributed by atoms with Gasteiger partial charge in [-0.2, -0.15) is 4.31 Å². The predicted octanol–water partition coefficient (Wildman–Crippen LogP) is 2.01. The zero-order chi connectivity index (χ0) is 18.6. The molecular weight excluding hydrogens is 479 g/mol. The Balaban J connectivity index is 0.00000261. The first-order chi connectivity index (χ1) is 12.5. The minimum absolute atomic E-state index is 0. The Morgan fingerprint density at radius 3 is 2.48 bits per heavy atom. The van der Waals surface area contributed by atoms with E-state index in [1.165, 1.54) is 0 Å². The Morgan fingerprint density at radius 2 is 1.85 bits per heavy atom. The van der Waals surface area contributed by atoms with Crippen LogP contribution >= 0.6 is 24.0 Å². The zero-order valence-corrected chi connectivity index (χ0v) is 18.9. The van der Waals surface area contributed by atoms with Crippen LogP contribution in [-0.4, -0.2) is 62.5 Å². The second kappa shape index (κ2) is 10.0. The van der Waals surface area contributed by atoms with Crippen LogP contribution in [0.3, 0.4) is 0 Å². The molecule has 1 atom stereocenters. The van der Waals surface area contributed by atoms with E-state index in [1.54, 1.807) is 16.4 Å². The summed E-state index contributed by atoms with van der Waals surface area (Å²) in [7, 11) is -3.38. The van der Waals surface area contributed by atoms with Gasteiger partial charge in [0, 0.05) is 26.2 Å². The summed E-state index contributed by atoms with van der Waals surface area (Å²) in [6, 6.07) is 6.97. The number of piperidine rings is 1. The SMILES string of the molecule is CC1CN(C(N)=NCc2ccc(S(=O)(=O)N3CCCCC3)cc2)CCO1.I. The maximum atomic E-state index is 12.7. The highest BCUT2D eigenvalue weighted by Gasteiger charge is 2.25. The highest BCUT2D eigenvalue weighted by molar-refractivity contribution is 14.0. The van der Waals surface area contributed by atoms with Crippen LogP contribution in [0.4, 0.5) is 0 Å². The van der Waals surface area contributed by atoms with Gasteiger partial charge >= 0.3 is 0 Å². The van der Waals surface area contributed by atoms with Gasteiger partial charge in [-0.05, 0) is 37.5 Å². The Hall–Kier alpha value is -0.910. The van der Waals surface area contributed by atoms with Crippen molar-refractivity contribution in [1.82, 2.24) is 9.21 Å². The fraction of sp³-hybridized carbons (Fsp3) is 0.611.